The molecule has 0 aromatic rings. The second kappa shape index (κ2) is 4.18. The molecule has 6 heteroatoms. The van der Waals surface area contributed by atoms with E-state index in [9.17, 15) is 4.57 Å². The van der Waals surface area contributed by atoms with E-state index in [0.29, 0.717) is 0 Å². The Morgan fingerprint density at radius 3 is 1.71 bits per heavy atom. The Bertz CT molecular complexity index is 121. The van der Waals surface area contributed by atoms with Gasteiger partial charge in [0.25, 0.3) is 0 Å². The molecule has 36 valence electrons. The van der Waals surface area contributed by atoms with Crippen LogP contribution < -0.4 is 0 Å². The minimum atomic E-state index is -4.34. The predicted octanol–water partition coefficient (Wildman–Crippen LogP) is -1.00. The third-order valence-corrected chi connectivity index (χ3v) is 0.391. The molecule has 0 aromatic carbocycles. The van der Waals surface area contributed by atoms with Crippen molar-refractivity contribution in [2.24, 2.45) is 0 Å². The number of hydrogen-bond donors (Lipinski definition) is 2. The Hall–Kier alpha value is 1.28. The Balaban J connectivity index is 0. The second-order valence-electron chi connectivity index (χ2n) is 0.644. The summed E-state index contributed by atoms with van der Waals surface area (Å²) < 4.78 is 9.33. The van der Waals surface area contributed by atoms with E-state index in [1.54, 1.807) is 0 Å². The molecule has 0 amide bonds. The van der Waals surface area contributed by atoms with E-state index >= 15 is 0 Å². The Kier molecular flexibility index (Phi) is 6.65. The molecule has 0 fully saturated rings. The van der Waals surface area contributed by atoms with Crippen molar-refractivity contribution in [1.82, 2.24) is 0 Å². The first kappa shape index (κ1) is 11.1. The fourth-order valence-electron chi connectivity index (χ4n) is 0. The molecule has 2 N–H and O–H groups in total. The van der Waals surface area contributed by atoms with Gasteiger partial charge in [0.2, 0.25) is 0 Å². The summed E-state index contributed by atoms with van der Waals surface area (Å²) in [6.45, 7) is 0. The van der Waals surface area contributed by atoms with Gasteiger partial charge in [-0.15, -0.1) is 0 Å². The van der Waals surface area contributed by atoms with Crippen molar-refractivity contribution in [1.29, 1.82) is 5.26 Å². The molecule has 0 spiro atoms. The average Bonchev–Trinajstić information content (AvgIpc) is 1.35. The Labute approximate surface area is 83.1 Å². The molecule has 0 saturated carbocycles. The summed E-state index contributed by atoms with van der Waals surface area (Å²) in [4.78, 5) is 15.2. The zero-order valence-corrected chi connectivity index (χ0v) is 3.59. The van der Waals surface area contributed by atoms with Crippen LogP contribution in [0.4, 0.5) is 0 Å². The van der Waals surface area contributed by atoms with Crippen molar-refractivity contribution in [2.75, 3.05) is 0 Å². The van der Waals surface area contributed by atoms with E-state index in [4.69, 9.17) is 15.0 Å². The number of nitriles is 1. The van der Waals surface area contributed by atoms with Crippen LogP contribution in [0.25, 0.3) is 0 Å². The Morgan fingerprint density at radius 2 is 1.71 bits per heavy atom. The van der Waals surface area contributed by atoms with Crippen LogP contribution >= 0.6 is 7.60 Å². The summed E-state index contributed by atoms with van der Waals surface area (Å²) in [5, 5.41) is 7.39. The summed E-state index contributed by atoms with van der Waals surface area (Å²) in [5.74, 6) is 0.771. The molecule has 0 aliphatic carbocycles. The van der Waals surface area contributed by atoms with E-state index in [1.165, 1.54) is 0 Å². The molecule has 7 heavy (non-hydrogen) atoms. The summed E-state index contributed by atoms with van der Waals surface area (Å²) in [6, 6.07) is 0. The van der Waals surface area contributed by atoms with Crippen LogP contribution in [0, 0.1) is 11.1 Å². The quantitative estimate of drug-likeness (QED) is 0.340. The number of hydrogen-bond acceptors (Lipinski definition) is 2. The topological polar surface area (TPSA) is 81.3 Å². The van der Waals surface area contributed by atoms with Crippen LogP contribution in [0.2, 0.25) is 0 Å². The molecule has 0 bridgehead atoms. The molecule has 0 unspecified atom stereocenters. The predicted molar refractivity (Wildman–Crippen MR) is 24.8 cm³/mol. The first-order valence-corrected chi connectivity index (χ1v) is 2.64. The molecule has 0 rings (SSSR count). The molecule has 0 aromatic heterocycles. The first-order chi connectivity index (χ1) is 2.56. The van der Waals surface area contributed by atoms with Crippen LogP contribution in [0.5, 0.6) is 0 Å². The van der Waals surface area contributed by atoms with Gasteiger partial charge in [0.05, 0.1) is 0 Å². The standard InChI is InChI=1S/CH2NO3P.K.H/c2-1-6(3,4)5;;/h(H2,3,4,5);;. The van der Waals surface area contributed by atoms with Gasteiger partial charge in [-0.2, -0.15) is 5.26 Å². The summed E-state index contributed by atoms with van der Waals surface area (Å²) in [6.07, 6.45) is 0. The third-order valence-electron chi connectivity index (χ3n) is 0.130. The molecule has 0 atom stereocenters. The Morgan fingerprint density at radius 1 is 1.57 bits per heavy atom. The molecule has 0 aliphatic heterocycles. The summed E-state index contributed by atoms with van der Waals surface area (Å²) >= 11 is 0. The van der Waals surface area contributed by atoms with E-state index in [1.807, 2.05) is 0 Å². The molecular formula is CH3KNO3P. The van der Waals surface area contributed by atoms with Gasteiger partial charge in [-0.1, -0.05) is 0 Å². The number of nitrogens with zero attached hydrogens (tertiary/aromatic N) is 1. The van der Waals surface area contributed by atoms with Gasteiger partial charge in [0, 0.05) is 0 Å². The monoisotopic (exact) mass is 147 g/mol. The maximum atomic E-state index is 9.33. The van der Waals surface area contributed by atoms with Crippen molar-refractivity contribution >= 4 is 59.0 Å². The zero-order chi connectivity index (χ0) is 5.21. The molecule has 4 nitrogen and oxygen atoms in total. The number of rotatable bonds is 0. The SMILES string of the molecule is N#CP(=O)(O)O.[KH]. The fourth-order valence-corrected chi connectivity index (χ4v) is 0. The molecule has 0 aliphatic rings. The second-order valence-corrected chi connectivity index (χ2v) is 1.93. The normalized spacial score (nSPS) is 8.71. The van der Waals surface area contributed by atoms with Crippen LogP contribution in [-0.2, 0) is 4.57 Å². The molecule has 0 heterocycles. The van der Waals surface area contributed by atoms with Crippen molar-refractivity contribution in [2.45, 2.75) is 0 Å². The van der Waals surface area contributed by atoms with Gasteiger partial charge in [0.1, 0.15) is 0 Å². The first-order valence-electron chi connectivity index (χ1n) is 1.03. The van der Waals surface area contributed by atoms with Crippen molar-refractivity contribution in [3.63, 3.8) is 0 Å². The zero-order valence-electron chi connectivity index (χ0n) is 2.70. The van der Waals surface area contributed by atoms with Crippen LogP contribution in [0.1, 0.15) is 0 Å². The van der Waals surface area contributed by atoms with E-state index in [-0.39, 0.29) is 51.4 Å². The van der Waals surface area contributed by atoms with Crippen molar-refractivity contribution < 1.29 is 14.4 Å². The van der Waals surface area contributed by atoms with Gasteiger partial charge in [-0.3, -0.25) is 0 Å². The van der Waals surface area contributed by atoms with Gasteiger partial charge in [-0.05, 0) is 0 Å². The minimum absolute atomic E-state index is 0. The fraction of sp³-hybridized carbons (Fsp3) is 0. The van der Waals surface area contributed by atoms with Crippen LogP contribution in [-0.4, -0.2) is 61.2 Å². The van der Waals surface area contributed by atoms with Gasteiger partial charge in [0.15, 0.2) is 5.81 Å². The van der Waals surface area contributed by atoms with Crippen molar-refractivity contribution in [3.05, 3.63) is 0 Å². The van der Waals surface area contributed by atoms with Gasteiger partial charge >= 0.3 is 59.0 Å². The van der Waals surface area contributed by atoms with Gasteiger partial charge in [-0.25, -0.2) is 4.57 Å². The van der Waals surface area contributed by atoms with E-state index < -0.39 is 7.60 Å². The third kappa shape index (κ3) is 11.1. The molecular weight excluding hydrogens is 144 g/mol. The van der Waals surface area contributed by atoms with Gasteiger partial charge < -0.3 is 9.79 Å². The average molecular weight is 147 g/mol. The summed E-state index contributed by atoms with van der Waals surface area (Å²) in [5.41, 5.74) is 0. The molecule has 0 saturated heterocycles. The summed E-state index contributed by atoms with van der Waals surface area (Å²) in [7, 11) is -4.34. The van der Waals surface area contributed by atoms with Crippen LogP contribution in [0.3, 0.4) is 0 Å². The molecule has 0 radical (unpaired) electrons. The van der Waals surface area contributed by atoms with Crippen molar-refractivity contribution in [3.8, 4) is 5.81 Å². The maximum absolute atomic E-state index is 9.33. The van der Waals surface area contributed by atoms with E-state index in [2.05, 4.69) is 0 Å². The van der Waals surface area contributed by atoms with E-state index in [0.717, 1.165) is 5.81 Å². The van der Waals surface area contributed by atoms with Crippen LogP contribution in [0.15, 0.2) is 0 Å².